The second-order valence-electron chi connectivity index (χ2n) is 7.00. The summed E-state index contributed by atoms with van der Waals surface area (Å²) < 4.78 is 11.7. The molecule has 1 amide bonds. The van der Waals surface area contributed by atoms with Crippen LogP contribution < -0.4 is 10.1 Å². The molecule has 1 aromatic heterocycles. The number of benzene rings is 1. The molecule has 0 saturated carbocycles. The van der Waals surface area contributed by atoms with E-state index < -0.39 is 0 Å². The van der Waals surface area contributed by atoms with Crippen molar-refractivity contribution < 1.29 is 13.9 Å². The third kappa shape index (κ3) is 5.26. The Kier molecular flexibility index (Phi) is 7.34. The van der Waals surface area contributed by atoms with E-state index in [2.05, 4.69) is 34.2 Å². The largest absolute Gasteiger partial charge is 0.496 e. The summed E-state index contributed by atoms with van der Waals surface area (Å²) in [6, 6.07) is 9.76. The first-order valence-electron chi connectivity index (χ1n) is 9.67. The number of rotatable bonds is 8. The average molecular weight is 447 g/mol. The summed E-state index contributed by atoms with van der Waals surface area (Å²) in [6.07, 6.45) is 8.11. The van der Waals surface area contributed by atoms with Gasteiger partial charge < -0.3 is 19.4 Å². The Hall–Kier alpha value is -2.05. The zero-order valence-electron chi connectivity index (χ0n) is 16.4. The minimum absolute atomic E-state index is 0.0388. The third-order valence-electron chi connectivity index (χ3n) is 5.04. The lowest BCUT2D eigenvalue weighted by atomic mass is 10.0. The number of nitrogens with zero attached hydrogens (tertiary/aromatic N) is 1. The molecule has 28 heavy (non-hydrogen) atoms. The monoisotopic (exact) mass is 446 g/mol. The van der Waals surface area contributed by atoms with Crippen molar-refractivity contribution in [3.05, 3.63) is 64.2 Å². The van der Waals surface area contributed by atoms with Crippen molar-refractivity contribution in [1.82, 2.24) is 10.2 Å². The van der Waals surface area contributed by atoms with Crippen LogP contribution in [0.2, 0.25) is 0 Å². The van der Waals surface area contributed by atoms with E-state index in [9.17, 15) is 4.79 Å². The van der Waals surface area contributed by atoms with Gasteiger partial charge in [0.1, 0.15) is 11.5 Å². The lowest BCUT2D eigenvalue weighted by Gasteiger charge is -2.28. The summed E-state index contributed by atoms with van der Waals surface area (Å²) >= 11 is 3.52. The van der Waals surface area contributed by atoms with Crippen LogP contribution in [0.1, 0.15) is 50.0 Å². The number of amides is 1. The highest BCUT2D eigenvalue weighted by molar-refractivity contribution is 9.10. The molecule has 1 aromatic carbocycles. The molecule has 1 aliphatic carbocycles. The normalized spacial score (nSPS) is 15.0. The highest BCUT2D eigenvalue weighted by Gasteiger charge is 2.21. The summed E-state index contributed by atoms with van der Waals surface area (Å²) in [5, 5.41) is 3.35. The van der Waals surface area contributed by atoms with Gasteiger partial charge in [0.25, 0.3) is 0 Å². The summed E-state index contributed by atoms with van der Waals surface area (Å²) in [5.74, 6) is 1.65. The molecule has 0 spiro atoms. The van der Waals surface area contributed by atoms with Crippen LogP contribution in [0.5, 0.6) is 5.75 Å². The Morgan fingerprint density at radius 2 is 2.21 bits per heavy atom. The second-order valence-corrected chi connectivity index (χ2v) is 7.85. The number of halogens is 1. The van der Waals surface area contributed by atoms with Gasteiger partial charge in [-0.15, -0.1) is 0 Å². The van der Waals surface area contributed by atoms with Gasteiger partial charge in [-0.1, -0.05) is 12.1 Å². The van der Waals surface area contributed by atoms with Gasteiger partial charge in [-0.25, -0.2) is 0 Å². The van der Waals surface area contributed by atoms with Crippen molar-refractivity contribution in [1.29, 1.82) is 0 Å². The summed E-state index contributed by atoms with van der Waals surface area (Å²) in [5.41, 5.74) is 2.20. The molecule has 150 valence electrons. The number of hydrogen-bond acceptors (Lipinski definition) is 4. The number of methoxy groups -OCH3 is 1. The lowest BCUT2D eigenvalue weighted by molar-refractivity contribution is -0.129. The molecule has 0 radical (unpaired) electrons. The Morgan fingerprint density at radius 1 is 1.36 bits per heavy atom. The molecule has 0 aliphatic heterocycles. The first-order chi connectivity index (χ1) is 13.6. The molecule has 5 nitrogen and oxygen atoms in total. The van der Waals surface area contributed by atoms with Crippen molar-refractivity contribution in [2.45, 2.75) is 45.2 Å². The van der Waals surface area contributed by atoms with E-state index in [-0.39, 0.29) is 18.5 Å². The van der Waals surface area contributed by atoms with Gasteiger partial charge >= 0.3 is 0 Å². The fourth-order valence-corrected chi connectivity index (χ4v) is 3.94. The number of ether oxygens (including phenoxy) is 1. The molecule has 1 unspecified atom stereocenters. The van der Waals surface area contributed by atoms with Crippen molar-refractivity contribution in [3.63, 3.8) is 0 Å². The Labute approximate surface area is 174 Å². The fraction of sp³-hybridized carbons (Fsp3) is 0.409. The van der Waals surface area contributed by atoms with Crippen molar-refractivity contribution >= 4 is 21.8 Å². The molecule has 3 rings (SSSR count). The molecule has 0 bridgehead atoms. The molecule has 0 fully saturated rings. The van der Waals surface area contributed by atoms with Gasteiger partial charge in [-0.05, 0) is 78.4 Å². The van der Waals surface area contributed by atoms with Crippen LogP contribution in [0.25, 0.3) is 0 Å². The molecule has 1 heterocycles. The molecule has 6 heteroatoms. The van der Waals surface area contributed by atoms with Crippen molar-refractivity contribution in [2.24, 2.45) is 0 Å². The maximum atomic E-state index is 13.0. The highest BCUT2D eigenvalue weighted by atomic mass is 79.9. The first kappa shape index (κ1) is 20.7. The lowest BCUT2D eigenvalue weighted by Crippen LogP contribution is -2.38. The topological polar surface area (TPSA) is 54.7 Å². The molecule has 2 aromatic rings. The number of furan rings is 1. The van der Waals surface area contributed by atoms with Gasteiger partial charge in [0, 0.05) is 11.7 Å². The van der Waals surface area contributed by atoms with E-state index >= 15 is 0 Å². The summed E-state index contributed by atoms with van der Waals surface area (Å²) in [6.45, 7) is 2.79. The fourth-order valence-electron chi connectivity index (χ4n) is 3.38. The first-order valence-corrected chi connectivity index (χ1v) is 10.5. The Morgan fingerprint density at radius 3 is 2.86 bits per heavy atom. The Balaban J connectivity index is 1.65. The zero-order chi connectivity index (χ0) is 19.9. The quantitative estimate of drug-likeness (QED) is 0.606. The molecular weight excluding hydrogens is 420 g/mol. The van der Waals surface area contributed by atoms with E-state index in [4.69, 9.17) is 9.15 Å². The number of hydrogen-bond donors (Lipinski definition) is 1. The molecule has 1 atom stereocenters. The summed E-state index contributed by atoms with van der Waals surface area (Å²) in [7, 11) is 1.65. The maximum absolute atomic E-state index is 13.0. The van der Waals surface area contributed by atoms with Crippen LogP contribution in [0, 0.1) is 0 Å². The zero-order valence-corrected chi connectivity index (χ0v) is 18.0. The van der Waals surface area contributed by atoms with E-state index in [1.165, 1.54) is 6.42 Å². The molecular formula is C22H27BrN2O3. The number of nitrogens with one attached hydrogen (secondary N) is 1. The van der Waals surface area contributed by atoms with Gasteiger partial charge in [0.15, 0.2) is 0 Å². The van der Waals surface area contributed by atoms with Crippen molar-refractivity contribution in [3.8, 4) is 5.75 Å². The van der Waals surface area contributed by atoms with Crippen LogP contribution in [0.3, 0.4) is 0 Å². The maximum Gasteiger partial charge on any atom is 0.241 e. The second kappa shape index (κ2) is 9.94. The van der Waals surface area contributed by atoms with Gasteiger partial charge in [-0.2, -0.15) is 0 Å². The highest BCUT2D eigenvalue weighted by Crippen LogP contribution is 2.28. The van der Waals surface area contributed by atoms with E-state index in [0.717, 1.165) is 46.5 Å². The van der Waals surface area contributed by atoms with E-state index in [0.29, 0.717) is 6.54 Å². The average Bonchev–Trinajstić information content (AvgIpc) is 3.24. The SMILES string of the molecule is COc1ccc(C(C)NCC(=O)N(Cc2ccco2)C2=CCCCC2)cc1Br. The van der Waals surface area contributed by atoms with Crippen molar-refractivity contribution in [2.75, 3.05) is 13.7 Å². The number of carbonyl (C=O) groups is 1. The van der Waals surface area contributed by atoms with Crippen LogP contribution in [0.4, 0.5) is 0 Å². The van der Waals surface area contributed by atoms with Gasteiger partial charge in [-0.3, -0.25) is 4.79 Å². The van der Waals surface area contributed by atoms with Gasteiger partial charge in [0.05, 0.1) is 30.9 Å². The van der Waals surface area contributed by atoms with Crippen LogP contribution in [-0.2, 0) is 11.3 Å². The van der Waals surface area contributed by atoms with E-state index in [1.54, 1.807) is 13.4 Å². The van der Waals surface area contributed by atoms with Crippen LogP contribution in [-0.4, -0.2) is 24.5 Å². The van der Waals surface area contributed by atoms with Crippen LogP contribution >= 0.6 is 15.9 Å². The Bertz CT molecular complexity index is 817. The number of carbonyl (C=O) groups excluding carboxylic acids is 1. The minimum atomic E-state index is 0.0388. The standard InChI is InChI=1S/C22H27BrN2O3/c1-16(17-10-11-21(27-2)20(23)13-17)24-14-22(26)25(15-19-9-6-12-28-19)18-7-4-3-5-8-18/h6-7,9-13,16,24H,3-5,8,14-15H2,1-2H3. The molecule has 1 N–H and O–H groups in total. The van der Waals surface area contributed by atoms with E-state index in [1.807, 2.05) is 35.2 Å². The minimum Gasteiger partial charge on any atom is -0.496 e. The van der Waals surface area contributed by atoms with Gasteiger partial charge in [0.2, 0.25) is 5.91 Å². The number of allylic oxidation sites excluding steroid dienone is 2. The predicted octanol–water partition coefficient (Wildman–Crippen LogP) is 5.19. The summed E-state index contributed by atoms with van der Waals surface area (Å²) in [4.78, 5) is 14.9. The molecule has 0 saturated heterocycles. The molecule has 1 aliphatic rings. The smallest absolute Gasteiger partial charge is 0.241 e. The predicted molar refractivity (Wildman–Crippen MR) is 113 cm³/mol. The third-order valence-corrected chi connectivity index (χ3v) is 5.66. The van der Waals surface area contributed by atoms with Crippen LogP contribution in [0.15, 0.2) is 57.3 Å².